The van der Waals surface area contributed by atoms with E-state index in [1.54, 1.807) is 0 Å². The van der Waals surface area contributed by atoms with Crippen LogP contribution in [0.5, 0.6) is 0 Å². The largest absolute Gasteiger partial charge is 0.388 e. The van der Waals surface area contributed by atoms with Crippen LogP contribution in [0.1, 0.15) is 20.8 Å². The van der Waals surface area contributed by atoms with E-state index in [4.69, 9.17) is 23.7 Å². The predicted molar refractivity (Wildman–Crippen MR) is 97.0 cm³/mol. The second-order valence-electron chi connectivity index (χ2n) is 8.29. The zero-order valence-electron chi connectivity index (χ0n) is 17.3. The van der Waals surface area contributed by atoms with Gasteiger partial charge in [-0.25, -0.2) is 0 Å². The van der Waals surface area contributed by atoms with Gasteiger partial charge in [-0.1, -0.05) is 0 Å². The summed E-state index contributed by atoms with van der Waals surface area (Å²) in [6.07, 6.45) is -21.2. The molecule has 3 aliphatic rings. The third-order valence-corrected chi connectivity index (χ3v) is 5.98. The minimum absolute atomic E-state index is 0.879. The second kappa shape index (κ2) is 9.77. The Morgan fingerprint density at radius 2 is 0.871 bits per heavy atom. The van der Waals surface area contributed by atoms with Gasteiger partial charge < -0.3 is 64.5 Å². The third-order valence-electron chi connectivity index (χ3n) is 5.98. The standard InChI is InChI=1S/C18H32O13/c1-4-8(20)11(23)14(16(26)27-4)30-18-15(12(24)9(21)6(3)29-18)31-17-13(25)10(22)7(19)5(2)28-17/h4-26H,1-3H3/t4-,5-,6-,7+,8+,9+,10+,11+,12+,13-,14-,15-,16+,17-,18-/m0/s1. The van der Waals surface area contributed by atoms with Crippen LogP contribution in [0, 0.1) is 0 Å². The van der Waals surface area contributed by atoms with Crippen molar-refractivity contribution in [1.82, 2.24) is 0 Å². The van der Waals surface area contributed by atoms with E-state index in [-0.39, 0.29) is 0 Å². The Morgan fingerprint density at radius 1 is 0.452 bits per heavy atom. The molecular weight excluding hydrogens is 424 g/mol. The van der Waals surface area contributed by atoms with Crippen molar-refractivity contribution >= 4 is 0 Å². The van der Waals surface area contributed by atoms with Crippen molar-refractivity contribution in [3.05, 3.63) is 0 Å². The molecular formula is C18H32O13. The molecule has 0 spiro atoms. The lowest BCUT2D eigenvalue weighted by Crippen LogP contribution is -2.65. The number of hydrogen-bond acceptors (Lipinski definition) is 13. The molecule has 0 aliphatic carbocycles. The maximum atomic E-state index is 10.5. The van der Waals surface area contributed by atoms with E-state index in [0.29, 0.717) is 0 Å². The van der Waals surface area contributed by atoms with Crippen molar-refractivity contribution < 1.29 is 64.5 Å². The molecule has 0 unspecified atom stereocenters. The first-order valence-corrected chi connectivity index (χ1v) is 10.2. The number of hydrogen-bond donors (Lipinski definition) is 8. The normalized spacial score (nSPS) is 56.4. The van der Waals surface area contributed by atoms with Crippen LogP contribution < -0.4 is 0 Å². The topological polar surface area (TPSA) is 208 Å². The molecule has 182 valence electrons. The SMILES string of the molecule is C[C@@H]1O[C@@H](O[C@@H]2[C@H](O[C@H]3[C@H](O)[C@H](O)[C@H](C)O[C@H]3O)O[C@@H](C)[C@@H](O)[C@H]2O)[C@@H](O)[C@H](O)[C@@H]1O. The molecule has 0 bridgehead atoms. The molecule has 3 aliphatic heterocycles. The van der Waals surface area contributed by atoms with Gasteiger partial charge in [0.05, 0.1) is 18.3 Å². The van der Waals surface area contributed by atoms with Crippen molar-refractivity contribution in [2.75, 3.05) is 0 Å². The quantitative estimate of drug-likeness (QED) is 0.201. The minimum Gasteiger partial charge on any atom is -0.388 e. The Kier molecular flexibility index (Phi) is 7.91. The first-order valence-electron chi connectivity index (χ1n) is 10.2. The third kappa shape index (κ3) is 4.89. The lowest BCUT2D eigenvalue weighted by Gasteiger charge is -2.47. The van der Waals surface area contributed by atoms with E-state index < -0.39 is 92.1 Å². The molecule has 31 heavy (non-hydrogen) atoms. The maximum absolute atomic E-state index is 10.5. The molecule has 8 N–H and O–H groups in total. The van der Waals surface area contributed by atoms with Gasteiger partial charge in [-0.2, -0.15) is 0 Å². The summed E-state index contributed by atoms with van der Waals surface area (Å²) in [5.41, 5.74) is 0. The second-order valence-corrected chi connectivity index (χ2v) is 8.29. The van der Waals surface area contributed by atoms with Gasteiger partial charge in [0.2, 0.25) is 0 Å². The fourth-order valence-corrected chi connectivity index (χ4v) is 3.86. The molecule has 13 nitrogen and oxygen atoms in total. The summed E-state index contributed by atoms with van der Waals surface area (Å²) in [5, 5.41) is 81.2. The van der Waals surface area contributed by atoms with Crippen molar-refractivity contribution in [2.24, 2.45) is 0 Å². The fraction of sp³-hybridized carbons (Fsp3) is 1.00. The van der Waals surface area contributed by atoms with Crippen LogP contribution in [0.2, 0.25) is 0 Å². The lowest BCUT2D eigenvalue weighted by molar-refractivity contribution is -0.386. The van der Waals surface area contributed by atoms with E-state index in [2.05, 4.69) is 0 Å². The van der Waals surface area contributed by atoms with Crippen LogP contribution in [0.4, 0.5) is 0 Å². The highest BCUT2D eigenvalue weighted by Gasteiger charge is 2.52. The van der Waals surface area contributed by atoms with Crippen molar-refractivity contribution in [3.8, 4) is 0 Å². The summed E-state index contributed by atoms with van der Waals surface area (Å²) < 4.78 is 27.2. The average Bonchev–Trinajstić information content (AvgIpc) is 2.72. The smallest absolute Gasteiger partial charge is 0.187 e. The summed E-state index contributed by atoms with van der Waals surface area (Å²) in [4.78, 5) is 0. The van der Waals surface area contributed by atoms with Gasteiger partial charge in [-0.05, 0) is 20.8 Å². The molecule has 15 atom stereocenters. The van der Waals surface area contributed by atoms with E-state index in [1.165, 1.54) is 20.8 Å². The molecule has 0 saturated carbocycles. The van der Waals surface area contributed by atoms with E-state index >= 15 is 0 Å². The fourth-order valence-electron chi connectivity index (χ4n) is 3.86. The Bertz CT molecular complexity index is 595. The Hall–Kier alpha value is -0.520. The summed E-state index contributed by atoms with van der Waals surface area (Å²) in [7, 11) is 0. The number of aliphatic hydroxyl groups excluding tert-OH is 8. The van der Waals surface area contributed by atoms with Gasteiger partial charge >= 0.3 is 0 Å². The molecule has 0 amide bonds. The van der Waals surface area contributed by atoms with Crippen LogP contribution in [0.25, 0.3) is 0 Å². The molecule has 3 rings (SSSR count). The van der Waals surface area contributed by atoms with Gasteiger partial charge in [0.15, 0.2) is 18.9 Å². The molecule has 0 aromatic rings. The zero-order chi connectivity index (χ0) is 23.2. The summed E-state index contributed by atoms with van der Waals surface area (Å²) in [6, 6.07) is 0. The highest BCUT2D eigenvalue weighted by atomic mass is 16.8. The van der Waals surface area contributed by atoms with E-state index in [9.17, 15) is 40.9 Å². The summed E-state index contributed by atoms with van der Waals surface area (Å²) in [5.74, 6) is 0. The number of ether oxygens (including phenoxy) is 5. The van der Waals surface area contributed by atoms with Gasteiger partial charge in [0, 0.05) is 0 Å². The molecule has 0 aromatic carbocycles. The van der Waals surface area contributed by atoms with Gasteiger partial charge in [-0.15, -0.1) is 0 Å². The van der Waals surface area contributed by atoms with Crippen molar-refractivity contribution in [3.63, 3.8) is 0 Å². The van der Waals surface area contributed by atoms with Crippen LogP contribution in [0.15, 0.2) is 0 Å². The zero-order valence-corrected chi connectivity index (χ0v) is 17.3. The molecule has 13 heteroatoms. The van der Waals surface area contributed by atoms with Crippen LogP contribution >= 0.6 is 0 Å². The Labute approximate surface area is 178 Å². The molecule has 0 aromatic heterocycles. The van der Waals surface area contributed by atoms with Gasteiger partial charge in [0.1, 0.15) is 54.9 Å². The van der Waals surface area contributed by atoms with E-state index in [0.717, 1.165) is 0 Å². The number of rotatable bonds is 4. The highest BCUT2D eigenvalue weighted by Crippen LogP contribution is 2.32. The monoisotopic (exact) mass is 456 g/mol. The molecule has 3 fully saturated rings. The van der Waals surface area contributed by atoms with Gasteiger partial charge in [0.25, 0.3) is 0 Å². The first-order chi connectivity index (χ1) is 14.4. The average molecular weight is 456 g/mol. The van der Waals surface area contributed by atoms with Crippen LogP contribution in [0.3, 0.4) is 0 Å². The van der Waals surface area contributed by atoms with Crippen molar-refractivity contribution in [2.45, 2.75) is 113 Å². The van der Waals surface area contributed by atoms with Crippen LogP contribution in [-0.4, -0.2) is 133 Å². The summed E-state index contributed by atoms with van der Waals surface area (Å²) in [6.45, 7) is 4.32. The lowest BCUT2D eigenvalue weighted by atomic mass is 9.97. The predicted octanol–water partition coefficient (Wildman–Crippen LogP) is -4.49. The highest BCUT2D eigenvalue weighted by molar-refractivity contribution is 4.94. The summed E-state index contributed by atoms with van der Waals surface area (Å²) >= 11 is 0. The van der Waals surface area contributed by atoms with Crippen molar-refractivity contribution in [1.29, 1.82) is 0 Å². The number of aliphatic hydroxyl groups is 8. The molecule has 3 heterocycles. The Balaban J connectivity index is 1.78. The molecule has 0 radical (unpaired) electrons. The maximum Gasteiger partial charge on any atom is 0.187 e. The molecule has 3 saturated heterocycles. The Morgan fingerprint density at radius 3 is 1.45 bits per heavy atom. The van der Waals surface area contributed by atoms with Gasteiger partial charge in [-0.3, -0.25) is 0 Å². The minimum atomic E-state index is -1.70. The first kappa shape index (κ1) is 25.1. The van der Waals surface area contributed by atoms with Crippen LogP contribution in [-0.2, 0) is 23.7 Å². The van der Waals surface area contributed by atoms with E-state index in [1.807, 2.05) is 0 Å².